The van der Waals surface area contributed by atoms with Gasteiger partial charge in [-0.05, 0) is 38.0 Å². The minimum absolute atomic E-state index is 0.000108. The fourth-order valence-electron chi connectivity index (χ4n) is 5.05. The summed E-state index contributed by atoms with van der Waals surface area (Å²) in [5.41, 5.74) is -2.98. The highest BCUT2D eigenvalue weighted by atomic mass is 19.4. The van der Waals surface area contributed by atoms with Gasteiger partial charge in [-0.1, -0.05) is 20.8 Å². The standard InChI is InChI=1S/C19H28F3N3O4/c1-12-10-25(14(27)19(20,21)22)17(7-8-17)11-23(12)13(26)18(16(2,3)4)6-5-9-24(18)15(28)29/h12H,5-11H2,1-4H3,(H,28,29)/t12-,18-/m1/s1. The van der Waals surface area contributed by atoms with Gasteiger partial charge in [-0.25, -0.2) is 4.79 Å². The third-order valence-corrected chi connectivity index (χ3v) is 6.80. The molecule has 2 atom stereocenters. The molecule has 1 aliphatic carbocycles. The van der Waals surface area contributed by atoms with Gasteiger partial charge < -0.3 is 14.9 Å². The molecule has 1 N–H and O–H groups in total. The van der Waals surface area contributed by atoms with Crippen molar-refractivity contribution in [2.75, 3.05) is 19.6 Å². The quantitative estimate of drug-likeness (QED) is 0.709. The molecule has 3 aliphatic rings. The number of piperazine rings is 1. The van der Waals surface area contributed by atoms with Crippen molar-refractivity contribution in [2.24, 2.45) is 5.41 Å². The molecular formula is C19H28F3N3O4. The Balaban J connectivity index is 1.94. The predicted molar refractivity (Wildman–Crippen MR) is 97.1 cm³/mol. The molecule has 164 valence electrons. The molecule has 2 heterocycles. The molecule has 0 aromatic rings. The molecule has 0 radical (unpaired) electrons. The lowest BCUT2D eigenvalue weighted by molar-refractivity contribution is -0.194. The van der Waals surface area contributed by atoms with E-state index in [2.05, 4.69) is 0 Å². The van der Waals surface area contributed by atoms with Crippen molar-refractivity contribution in [3.8, 4) is 0 Å². The Bertz CT molecular complexity index is 729. The first-order chi connectivity index (χ1) is 13.2. The van der Waals surface area contributed by atoms with E-state index in [1.54, 1.807) is 6.92 Å². The number of alkyl halides is 3. The van der Waals surface area contributed by atoms with Gasteiger partial charge in [0.2, 0.25) is 5.91 Å². The minimum Gasteiger partial charge on any atom is -0.465 e. The maximum atomic E-state index is 13.8. The number of carbonyl (C=O) groups excluding carboxylic acids is 2. The van der Waals surface area contributed by atoms with Gasteiger partial charge in [0.1, 0.15) is 5.54 Å². The summed E-state index contributed by atoms with van der Waals surface area (Å²) in [6.45, 7) is 7.08. The summed E-state index contributed by atoms with van der Waals surface area (Å²) in [4.78, 5) is 41.2. The van der Waals surface area contributed by atoms with Crippen LogP contribution in [0.5, 0.6) is 0 Å². The van der Waals surface area contributed by atoms with Crippen molar-refractivity contribution in [3.63, 3.8) is 0 Å². The zero-order chi connectivity index (χ0) is 22.0. The highest BCUT2D eigenvalue weighted by Crippen LogP contribution is 2.50. The van der Waals surface area contributed by atoms with Crippen LogP contribution in [0, 0.1) is 5.41 Å². The molecule has 0 bridgehead atoms. The lowest BCUT2D eigenvalue weighted by atomic mass is 9.70. The maximum absolute atomic E-state index is 13.8. The van der Waals surface area contributed by atoms with Crippen LogP contribution in [0.15, 0.2) is 0 Å². The number of amides is 3. The lowest BCUT2D eigenvalue weighted by Crippen LogP contribution is -2.70. The third kappa shape index (κ3) is 3.24. The largest absolute Gasteiger partial charge is 0.471 e. The number of carboxylic acid groups (broad SMARTS) is 1. The van der Waals surface area contributed by atoms with Crippen LogP contribution in [0.3, 0.4) is 0 Å². The van der Waals surface area contributed by atoms with Crippen LogP contribution < -0.4 is 0 Å². The van der Waals surface area contributed by atoms with Crippen LogP contribution in [-0.4, -0.2) is 80.6 Å². The Morgan fingerprint density at radius 1 is 1.03 bits per heavy atom. The van der Waals surface area contributed by atoms with Crippen LogP contribution in [0.2, 0.25) is 0 Å². The van der Waals surface area contributed by atoms with Crippen LogP contribution in [0.4, 0.5) is 18.0 Å². The van der Waals surface area contributed by atoms with E-state index in [1.165, 1.54) is 9.80 Å². The number of likely N-dealkylation sites (tertiary alicyclic amines) is 1. The van der Waals surface area contributed by atoms with Crippen LogP contribution in [0.1, 0.15) is 53.4 Å². The van der Waals surface area contributed by atoms with Crippen molar-refractivity contribution < 1.29 is 32.7 Å². The van der Waals surface area contributed by atoms with E-state index in [9.17, 15) is 32.7 Å². The monoisotopic (exact) mass is 419 g/mol. The predicted octanol–water partition coefficient (Wildman–Crippen LogP) is 2.70. The molecule has 2 aliphatic heterocycles. The number of hydrogen-bond acceptors (Lipinski definition) is 3. The smallest absolute Gasteiger partial charge is 0.465 e. The average molecular weight is 419 g/mol. The minimum atomic E-state index is -4.96. The van der Waals surface area contributed by atoms with Gasteiger partial charge in [-0.3, -0.25) is 14.5 Å². The van der Waals surface area contributed by atoms with Crippen molar-refractivity contribution in [3.05, 3.63) is 0 Å². The first-order valence-corrected chi connectivity index (χ1v) is 9.88. The molecule has 3 amide bonds. The molecule has 0 unspecified atom stereocenters. The number of rotatable bonds is 1. The summed E-state index contributed by atoms with van der Waals surface area (Å²) < 4.78 is 39.1. The van der Waals surface area contributed by atoms with E-state index in [0.717, 1.165) is 4.90 Å². The summed E-state index contributed by atoms with van der Waals surface area (Å²) in [6, 6.07) is -0.643. The molecule has 3 rings (SSSR count). The van der Waals surface area contributed by atoms with Crippen molar-refractivity contribution in [2.45, 2.75) is 76.7 Å². The SMILES string of the molecule is C[C@@H]1CN(C(=O)C(F)(F)F)C2(CC2)CN1C(=O)[C@@]1(C(C)(C)C)CCCN1C(=O)O. The third-order valence-electron chi connectivity index (χ3n) is 6.80. The number of hydrogen-bond donors (Lipinski definition) is 1. The van der Waals surface area contributed by atoms with Crippen molar-refractivity contribution >= 4 is 17.9 Å². The average Bonchev–Trinajstić information content (AvgIpc) is 3.18. The molecule has 29 heavy (non-hydrogen) atoms. The highest BCUT2D eigenvalue weighted by Gasteiger charge is 2.64. The zero-order valence-corrected chi connectivity index (χ0v) is 17.2. The Morgan fingerprint density at radius 2 is 1.62 bits per heavy atom. The van der Waals surface area contributed by atoms with Crippen LogP contribution in [-0.2, 0) is 9.59 Å². The van der Waals surface area contributed by atoms with E-state index < -0.39 is 40.7 Å². The lowest BCUT2D eigenvalue weighted by Gasteiger charge is -2.52. The van der Waals surface area contributed by atoms with Crippen molar-refractivity contribution in [1.29, 1.82) is 0 Å². The van der Waals surface area contributed by atoms with Gasteiger partial charge in [0.05, 0.1) is 5.54 Å². The molecule has 0 aromatic carbocycles. The Hall–Kier alpha value is -2.00. The summed E-state index contributed by atoms with van der Waals surface area (Å²) in [7, 11) is 0. The maximum Gasteiger partial charge on any atom is 0.471 e. The van der Waals surface area contributed by atoms with E-state index in [0.29, 0.717) is 25.7 Å². The first-order valence-electron chi connectivity index (χ1n) is 9.88. The fourth-order valence-corrected chi connectivity index (χ4v) is 5.05. The highest BCUT2D eigenvalue weighted by molar-refractivity contribution is 5.92. The van der Waals surface area contributed by atoms with E-state index in [1.807, 2.05) is 20.8 Å². The summed E-state index contributed by atoms with van der Waals surface area (Å²) in [5.74, 6) is -2.24. The second-order valence-electron chi connectivity index (χ2n) is 9.57. The first kappa shape index (κ1) is 21.7. The number of carbonyl (C=O) groups is 3. The summed E-state index contributed by atoms with van der Waals surface area (Å²) in [5, 5.41) is 9.72. The van der Waals surface area contributed by atoms with Crippen LogP contribution in [0.25, 0.3) is 0 Å². The topological polar surface area (TPSA) is 81.2 Å². The molecule has 0 aromatic heterocycles. The van der Waals surface area contributed by atoms with E-state index in [-0.39, 0.29) is 25.5 Å². The number of nitrogens with zero attached hydrogens (tertiary/aromatic N) is 3. The van der Waals surface area contributed by atoms with Gasteiger partial charge in [-0.15, -0.1) is 0 Å². The van der Waals surface area contributed by atoms with Crippen molar-refractivity contribution in [1.82, 2.24) is 14.7 Å². The Morgan fingerprint density at radius 3 is 2.07 bits per heavy atom. The molecule has 1 spiro atoms. The number of halogens is 3. The normalized spacial score (nSPS) is 29.3. The molecule has 1 saturated carbocycles. The molecule has 3 fully saturated rings. The molecule has 2 saturated heterocycles. The van der Waals surface area contributed by atoms with Gasteiger partial charge >= 0.3 is 18.2 Å². The van der Waals surface area contributed by atoms with Gasteiger partial charge in [0.25, 0.3) is 0 Å². The zero-order valence-electron chi connectivity index (χ0n) is 17.2. The summed E-state index contributed by atoms with van der Waals surface area (Å²) >= 11 is 0. The van der Waals surface area contributed by atoms with Crippen LogP contribution >= 0.6 is 0 Å². The van der Waals surface area contributed by atoms with E-state index >= 15 is 0 Å². The summed E-state index contributed by atoms with van der Waals surface area (Å²) in [6.07, 6.45) is -4.43. The Kier molecular flexibility index (Phi) is 4.86. The molecule has 10 heteroatoms. The molecule has 7 nitrogen and oxygen atoms in total. The van der Waals surface area contributed by atoms with Gasteiger partial charge in [-0.2, -0.15) is 13.2 Å². The molecular weight excluding hydrogens is 391 g/mol. The van der Waals surface area contributed by atoms with E-state index in [4.69, 9.17) is 0 Å². The Labute approximate surface area is 167 Å². The second kappa shape index (κ2) is 6.50. The second-order valence-corrected chi connectivity index (χ2v) is 9.57. The van der Waals surface area contributed by atoms with Gasteiger partial charge in [0, 0.05) is 25.7 Å². The fraction of sp³-hybridized carbons (Fsp3) is 0.842. The van der Waals surface area contributed by atoms with Gasteiger partial charge in [0.15, 0.2) is 0 Å².